The quantitative estimate of drug-likeness (QED) is 0.750. The van der Waals surface area contributed by atoms with Gasteiger partial charge in [-0.1, -0.05) is 18.2 Å². The maximum atomic E-state index is 12.7. The molecule has 1 aliphatic carbocycles. The minimum Gasteiger partial charge on any atom is -0.463 e. The van der Waals surface area contributed by atoms with Gasteiger partial charge in [-0.15, -0.1) is 0 Å². The minimum atomic E-state index is -0.767. The Labute approximate surface area is 145 Å². The number of nitrogens with one attached hydrogen (secondary N) is 1. The molecule has 0 radical (unpaired) electrons. The number of furan rings is 1. The maximum Gasteiger partial charge on any atom is 0.270 e. The molecule has 128 valence electrons. The molecule has 1 saturated carbocycles. The molecule has 2 heterocycles. The van der Waals surface area contributed by atoms with Gasteiger partial charge in [0.05, 0.1) is 17.6 Å². The molecule has 6 nitrogen and oxygen atoms in total. The lowest BCUT2D eigenvalue weighted by molar-refractivity contribution is -0.0301. The molecule has 0 saturated heterocycles. The molecule has 2 aromatic heterocycles. The third-order valence-corrected chi connectivity index (χ3v) is 4.58. The molecule has 1 amide bonds. The third-order valence-electron chi connectivity index (χ3n) is 4.58. The number of para-hydroxylation sites is 1. The summed E-state index contributed by atoms with van der Waals surface area (Å²) < 4.78 is 6.99. The standard InChI is InChI=1S/C19H19N3O3/c23-18(20-13-19(24)9-5-10-19)16-12-15(17-8-4-11-25-17)21-22(16)14-6-2-1-3-7-14/h1-4,6-8,11-12,24H,5,9-10,13H2,(H,20,23). The molecule has 1 aromatic carbocycles. The number of nitrogens with zero attached hydrogens (tertiary/aromatic N) is 2. The summed E-state index contributed by atoms with van der Waals surface area (Å²) in [5.41, 5.74) is 1.01. The van der Waals surface area contributed by atoms with Gasteiger partial charge in [0.1, 0.15) is 11.4 Å². The summed E-state index contributed by atoms with van der Waals surface area (Å²) >= 11 is 0. The molecular weight excluding hydrogens is 318 g/mol. The van der Waals surface area contributed by atoms with E-state index in [2.05, 4.69) is 10.4 Å². The predicted molar refractivity (Wildman–Crippen MR) is 92.4 cm³/mol. The average Bonchev–Trinajstić information content (AvgIpc) is 3.28. The highest BCUT2D eigenvalue weighted by Crippen LogP contribution is 2.30. The van der Waals surface area contributed by atoms with Crippen LogP contribution in [0.25, 0.3) is 17.1 Å². The second kappa shape index (κ2) is 6.22. The minimum absolute atomic E-state index is 0.252. The van der Waals surface area contributed by atoms with Gasteiger partial charge in [-0.05, 0) is 43.5 Å². The lowest BCUT2D eigenvalue weighted by Gasteiger charge is -2.36. The van der Waals surface area contributed by atoms with Gasteiger partial charge in [0.15, 0.2) is 5.76 Å². The molecule has 6 heteroatoms. The summed E-state index contributed by atoms with van der Waals surface area (Å²) in [7, 11) is 0. The van der Waals surface area contributed by atoms with E-state index >= 15 is 0 Å². The zero-order chi connectivity index (χ0) is 17.3. The van der Waals surface area contributed by atoms with Crippen LogP contribution in [0.3, 0.4) is 0 Å². The zero-order valence-corrected chi connectivity index (χ0v) is 13.7. The molecule has 0 unspecified atom stereocenters. The highest BCUT2D eigenvalue weighted by atomic mass is 16.3. The van der Waals surface area contributed by atoms with Crippen molar-refractivity contribution in [1.29, 1.82) is 0 Å². The van der Waals surface area contributed by atoms with Gasteiger partial charge in [0.25, 0.3) is 5.91 Å². The Morgan fingerprint density at radius 1 is 1.24 bits per heavy atom. The van der Waals surface area contributed by atoms with E-state index in [-0.39, 0.29) is 12.5 Å². The number of aromatic nitrogens is 2. The first-order valence-corrected chi connectivity index (χ1v) is 8.35. The Hall–Kier alpha value is -2.86. The Kier molecular flexibility index (Phi) is 3.89. The molecule has 2 N–H and O–H groups in total. The third kappa shape index (κ3) is 3.08. The fourth-order valence-corrected chi connectivity index (χ4v) is 2.95. The molecule has 1 aliphatic rings. The number of benzene rings is 1. The SMILES string of the molecule is O=C(NCC1(O)CCC1)c1cc(-c2ccco2)nn1-c1ccccc1. The molecule has 1 fully saturated rings. The summed E-state index contributed by atoms with van der Waals surface area (Å²) in [5, 5.41) is 17.5. The highest BCUT2D eigenvalue weighted by Gasteiger charge is 2.35. The monoisotopic (exact) mass is 337 g/mol. The number of amides is 1. The van der Waals surface area contributed by atoms with Crippen molar-refractivity contribution in [2.24, 2.45) is 0 Å². The zero-order valence-electron chi connectivity index (χ0n) is 13.7. The molecule has 0 bridgehead atoms. The van der Waals surface area contributed by atoms with Crippen molar-refractivity contribution in [3.05, 3.63) is 60.5 Å². The fraction of sp³-hybridized carbons (Fsp3) is 0.263. The number of hydrogen-bond donors (Lipinski definition) is 2. The van der Waals surface area contributed by atoms with E-state index in [1.165, 1.54) is 0 Å². The Balaban J connectivity index is 1.66. The molecule has 3 aromatic rings. The molecule has 0 atom stereocenters. The Morgan fingerprint density at radius 2 is 2.04 bits per heavy atom. The summed E-state index contributed by atoms with van der Waals surface area (Å²) in [4.78, 5) is 12.7. The van der Waals surface area contributed by atoms with Gasteiger partial charge < -0.3 is 14.8 Å². The van der Waals surface area contributed by atoms with Crippen LogP contribution in [-0.2, 0) is 0 Å². The van der Waals surface area contributed by atoms with Crippen molar-refractivity contribution >= 4 is 5.91 Å². The van der Waals surface area contributed by atoms with Crippen LogP contribution in [0.2, 0.25) is 0 Å². The van der Waals surface area contributed by atoms with Crippen molar-refractivity contribution in [1.82, 2.24) is 15.1 Å². The van der Waals surface area contributed by atoms with E-state index in [4.69, 9.17) is 4.42 Å². The van der Waals surface area contributed by atoms with Crippen LogP contribution in [0, 0.1) is 0 Å². The lowest BCUT2D eigenvalue weighted by atomic mass is 9.80. The van der Waals surface area contributed by atoms with Crippen molar-refractivity contribution in [2.45, 2.75) is 24.9 Å². The molecule has 4 rings (SSSR count). The van der Waals surface area contributed by atoms with Gasteiger partial charge in [-0.3, -0.25) is 4.79 Å². The summed E-state index contributed by atoms with van der Waals surface area (Å²) in [5.74, 6) is 0.329. The number of aliphatic hydroxyl groups is 1. The first-order chi connectivity index (χ1) is 12.1. The smallest absolute Gasteiger partial charge is 0.270 e. The molecule has 0 aliphatic heterocycles. The summed E-state index contributed by atoms with van der Waals surface area (Å²) in [6.07, 6.45) is 4.02. The lowest BCUT2D eigenvalue weighted by Crippen LogP contribution is -2.48. The van der Waals surface area contributed by atoms with E-state index in [0.717, 1.165) is 24.9 Å². The Morgan fingerprint density at radius 3 is 2.68 bits per heavy atom. The maximum absolute atomic E-state index is 12.7. The van der Waals surface area contributed by atoms with Gasteiger partial charge >= 0.3 is 0 Å². The van der Waals surface area contributed by atoms with Crippen LogP contribution in [0.4, 0.5) is 0 Å². The van der Waals surface area contributed by atoms with E-state index in [1.807, 2.05) is 30.3 Å². The number of carbonyl (C=O) groups excluding carboxylic acids is 1. The van der Waals surface area contributed by atoms with E-state index in [9.17, 15) is 9.90 Å². The number of rotatable bonds is 5. The Bertz CT molecular complexity index is 865. The molecular formula is C19H19N3O3. The van der Waals surface area contributed by atoms with Gasteiger partial charge in [-0.2, -0.15) is 5.10 Å². The molecule has 0 spiro atoms. The van der Waals surface area contributed by atoms with E-state index in [0.29, 0.717) is 17.1 Å². The van der Waals surface area contributed by atoms with Crippen LogP contribution in [0.1, 0.15) is 29.8 Å². The van der Waals surface area contributed by atoms with Crippen LogP contribution in [0.5, 0.6) is 0 Å². The normalized spacial score (nSPS) is 15.6. The first kappa shape index (κ1) is 15.7. The van der Waals surface area contributed by atoms with Gasteiger partial charge in [0.2, 0.25) is 0 Å². The average molecular weight is 337 g/mol. The number of carbonyl (C=O) groups is 1. The van der Waals surface area contributed by atoms with Crippen LogP contribution >= 0.6 is 0 Å². The van der Waals surface area contributed by atoms with Crippen LogP contribution in [0.15, 0.2) is 59.2 Å². The highest BCUT2D eigenvalue weighted by molar-refractivity contribution is 5.94. The summed E-state index contributed by atoms with van der Waals surface area (Å²) in [6.45, 7) is 0.252. The van der Waals surface area contributed by atoms with Crippen molar-refractivity contribution in [2.75, 3.05) is 6.54 Å². The second-order valence-electron chi connectivity index (χ2n) is 6.40. The fourth-order valence-electron chi connectivity index (χ4n) is 2.95. The van der Waals surface area contributed by atoms with Crippen LogP contribution in [-0.4, -0.2) is 32.9 Å². The van der Waals surface area contributed by atoms with Crippen molar-refractivity contribution < 1.29 is 14.3 Å². The largest absolute Gasteiger partial charge is 0.463 e. The van der Waals surface area contributed by atoms with E-state index < -0.39 is 5.60 Å². The summed E-state index contributed by atoms with van der Waals surface area (Å²) in [6, 6.07) is 14.7. The van der Waals surface area contributed by atoms with Crippen molar-refractivity contribution in [3.8, 4) is 17.1 Å². The second-order valence-corrected chi connectivity index (χ2v) is 6.40. The van der Waals surface area contributed by atoms with Crippen molar-refractivity contribution in [3.63, 3.8) is 0 Å². The topological polar surface area (TPSA) is 80.3 Å². The predicted octanol–water partition coefficient (Wildman–Crippen LogP) is 2.78. The first-order valence-electron chi connectivity index (χ1n) is 8.35. The molecule has 25 heavy (non-hydrogen) atoms. The van der Waals surface area contributed by atoms with Crippen LogP contribution < -0.4 is 5.32 Å². The van der Waals surface area contributed by atoms with Gasteiger partial charge in [0, 0.05) is 12.6 Å². The number of hydrogen-bond acceptors (Lipinski definition) is 4. The van der Waals surface area contributed by atoms with Gasteiger partial charge in [-0.25, -0.2) is 4.68 Å². The van der Waals surface area contributed by atoms with E-state index in [1.54, 1.807) is 29.1 Å².